The quantitative estimate of drug-likeness (QED) is 0.470. The summed E-state index contributed by atoms with van der Waals surface area (Å²) in [5, 5.41) is 16.9. The first kappa shape index (κ1) is 29.4. The van der Waals surface area contributed by atoms with Gasteiger partial charge in [-0.3, -0.25) is 25.1 Å². The number of carbonyl (C=O) groups is 2. The maximum atomic E-state index is 14.7. The Morgan fingerprint density at radius 3 is 2.79 bits per heavy atom. The number of nitrogens with zero attached hydrogens (tertiary/aromatic N) is 4. The molecule has 3 aliphatic heterocycles. The van der Waals surface area contributed by atoms with Gasteiger partial charge in [0.05, 0.1) is 48.9 Å². The first-order valence-electron chi connectivity index (χ1n) is 15.4. The van der Waals surface area contributed by atoms with Gasteiger partial charge >= 0.3 is 0 Å². The van der Waals surface area contributed by atoms with E-state index in [1.807, 2.05) is 12.1 Å². The zero-order chi connectivity index (χ0) is 29.4. The van der Waals surface area contributed by atoms with Crippen molar-refractivity contribution in [1.82, 2.24) is 25.3 Å². The van der Waals surface area contributed by atoms with Gasteiger partial charge < -0.3 is 19.3 Å². The Balaban J connectivity index is 1.27. The average molecular weight is 577 g/mol. The Hall–Kier alpha value is -2.65. The zero-order valence-corrected chi connectivity index (χ0v) is 24.8. The van der Waals surface area contributed by atoms with E-state index in [1.165, 1.54) is 11.6 Å². The summed E-state index contributed by atoms with van der Waals surface area (Å²) in [6.45, 7) is 7.02. The van der Waals surface area contributed by atoms with E-state index in [0.717, 1.165) is 37.8 Å². The van der Waals surface area contributed by atoms with Crippen molar-refractivity contribution >= 4 is 11.7 Å². The van der Waals surface area contributed by atoms with Gasteiger partial charge in [-0.2, -0.15) is 5.26 Å². The van der Waals surface area contributed by atoms with Crippen LogP contribution in [0.1, 0.15) is 49.3 Å². The van der Waals surface area contributed by atoms with Crippen LogP contribution in [0.25, 0.3) is 0 Å². The number of methoxy groups -OCH3 is 1. The van der Waals surface area contributed by atoms with Gasteiger partial charge in [0.1, 0.15) is 0 Å². The summed E-state index contributed by atoms with van der Waals surface area (Å²) in [6.07, 6.45) is 5.24. The molecule has 1 aromatic carbocycles. The van der Waals surface area contributed by atoms with Crippen molar-refractivity contribution in [2.24, 2.45) is 11.3 Å². The number of piperazine rings is 1. The number of nitrogens with one attached hydrogen (secondary N) is 2. The molecule has 10 heteroatoms. The first-order valence-corrected chi connectivity index (χ1v) is 15.4. The molecule has 4 fully saturated rings. The van der Waals surface area contributed by atoms with Crippen molar-refractivity contribution in [3.8, 4) is 6.07 Å². The maximum absolute atomic E-state index is 14.7. The molecule has 0 aromatic heterocycles. The lowest BCUT2D eigenvalue weighted by molar-refractivity contribution is -0.161. The number of Topliss-reactive ketones (excluding diaryl/α,β-unsaturated/α-hetero) is 1. The summed E-state index contributed by atoms with van der Waals surface area (Å²) < 4.78 is 12.5. The molecule has 6 rings (SSSR count). The van der Waals surface area contributed by atoms with Gasteiger partial charge in [-0.15, -0.1) is 0 Å². The normalized spacial score (nSPS) is 36.9. The second kappa shape index (κ2) is 12.2. The van der Waals surface area contributed by atoms with Crippen molar-refractivity contribution in [2.75, 3.05) is 46.9 Å². The lowest BCUT2D eigenvalue weighted by Crippen LogP contribution is -2.74. The van der Waals surface area contributed by atoms with Gasteiger partial charge in [-0.05, 0) is 62.9 Å². The third-order valence-corrected chi connectivity index (χ3v) is 10.6. The Morgan fingerprint density at radius 2 is 2.05 bits per heavy atom. The smallest absolute Gasteiger partial charge is 0.246 e. The fraction of sp³-hybridized carbons (Fsp3) is 0.656. The van der Waals surface area contributed by atoms with Gasteiger partial charge in [0.15, 0.2) is 12.1 Å². The lowest BCUT2D eigenvalue weighted by Gasteiger charge is -2.54. The second-order valence-electron chi connectivity index (χ2n) is 12.7. The molecule has 3 heterocycles. The summed E-state index contributed by atoms with van der Waals surface area (Å²) in [7, 11) is 3.86. The van der Waals surface area contributed by atoms with Crippen molar-refractivity contribution in [3.05, 3.63) is 48.0 Å². The van der Waals surface area contributed by atoms with Crippen LogP contribution in [0.5, 0.6) is 0 Å². The third-order valence-electron chi connectivity index (χ3n) is 10.6. The van der Waals surface area contributed by atoms with Gasteiger partial charge in [0.2, 0.25) is 5.91 Å². The molecule has 226 valence electrons. The van der Waals surface area contributed by atoms with Crippen LogP contribution in [0.3, 0.4) is 0 Å². The lowest BCUT2D eigenvalue weighted by atomic mass is 9.63. The Labute approximate surface area is 249 Å². The highest BCUT2D eigenvalue weighted by atomic mass is 16.5. The number of nitriles is 1. The molecule has 0 radical (unpaired) electrons. The number of amides is 1. The summed E-state index contributed by atoms with van der Waals surface area (Å²) >= 11 is 0. The van der Waals surface area contributed by atoms with Gasteiger partial charge in [-0.1, -0.05) is 30.8 Å². The molecule has 8 unspecified atom stereocenters. The first-order chi connectivity index (χ1) is 20.4. The maximum Gasteiger partial charge on any atom is 0.246 e. The molecule has 8 atom stereocenters. The van der Waals surface area contributed by atoms with Gasteiger partial charge in [-0.25, -0.2) is 0 Å². The van der Waals surface area contributed by atoms with E-state index in [0.29, 0.717) is 38.7 Å². The Bertz CT molecular complexity index is 1240. The number of likely N-dealkylation sites (N-methyl/N-ethyl adjacent to an activating group) is 1. The molecule has 3 saturated heterocycles. The minimum absolute atomic E-state index is 0.0164. The number of fused-ring (bicyclic) bond motifs is 2. The number of benzene rings is 1. The highest BCUT2D eigenvalue weighted by Gasteiger charge is 2.60. The predicted molar refractivity (Wildman–Crippen MR) is 157 cm³/mol. The van der Waals surface area contributed by atoms with Crippen molar-refractivity contribution in [1.29, 1.82) is 5.26 Å². The third kappa shape index (κ3) is 5.10. The largest absolute Gasteiger partial charge is 0.376 e. The molecule has 5 aliphatic rings. The number of rotatable bonds is 7. The number of hydrogen-bond acceptors (Lipinski definition) is 9. The SMILES string of the molecule is C=CC(=O)N1CCN(C2NC(OCC3CCCN3C)NC3C(=O)C4(CCC32)Cc2ccccc2C4OC)CC1CC#N. The van der Waals surface area contributed by atoms with Gasteiger partial charge in [0, 0.05) is 38.7 Å². The van der Waals surface area contributed by atoms with Crippen LogP contribution in [0, 0.1) is 22.7 Å². The molecule has 2 N–H and O–H groups in total. The van der Waals surface area contributed by atoms with E-state index in [-0.39, 0.29) is 42.3 Å². The van der Waals surface area contributed by atoms with E-state index >= 15 is 0 Å². The fourth-order valence-electron chi connectivity index (χ4n) is 8.41. The minimum Gasteiger partial charge on any atom is -0.376 e. The van der Waals surface area contributed by atoms with Crippen molar-refractivity contribution < 1.29 is 19.1 Å². The summed E-state index contributed by atoms with van der Waals surface area (Å²) in [4.78, 5) is 33.7. The second-order valence-corrected chi connectivity index (χ2v) is 12.7. The standard InChI is InChI=1S/C32H44N6O4/c1-4-26(39)38-17-16-37(19-22(38)12-14-33)30-25-11-13-32(18-21-8-5-6-10-24(21)29(32)41-3)28(40)27(25)34-31(35-30)42-20-23-9-7-15-36(23)2/h4-6,8,10,22-23,25,27,29-31,34-35H,1,7,9,11-13,15-20H2,2-3H3. The fourth-order valence-corrected chi connectivity index (χ4v) is 8.41. The van der Waals surface area contributed by atoms with E-state index in [2.05, 4.69) is 52.3 Å². The van der Waals surface area contributed by atoms with Crippen LogP contribution in [0.2, 0.25) is 0 Å². The monoisotopic (exact) mass is 576 g/mol. The molecule has 42 heavy (non-hydrogen) atoms. The van der Waals surface area contributed by atoms with Crippen LogP contribution in [-0.4, -0.2) is 104 Å². The number of carbonyl (C=O) groups excluding carboxylic acids is 2. The van der Waals surface area contributed by atoms with Crippen LogP contribution >= 0.6 is 0 Å². The van der Waals surface area contributed by atoms with Crippen LogP contribution in [0.4, 0.5) is 0 Å². The molecule has 2 aliphatic carbocycles. The van der Waals surface area contributed by atoms with Crippen LogP contribution in [-0.2, 0) is 25.5 Å². The van der Waals surface area contributed by atoms with E-state index in [9.17, 15) is 14.9 Å². The number of ether oxygens (including phenoxy) is 2. The van der Waals surface area contributed by atoms with E-state index in [1.54, 1.807) is 12.0 Å². The molecule has 1 saturated carbocycles. The topological polar surface area (TPSA) is 110 Å². The zero-order valence-electron chi connectivity index (χ0n) is 24.8. The van der Waals surface area contributed by atoms with Gasteiger partial charge in [0.25, 0.3) is 0 Å². The number of hydrogen-bond donors (Lipinski definition) is 2. The Morgan fingerprint density at radius 1 is 1.21 bits per heavy atom. The molecular formula is C32H44N6O4. The summed E-state index contributed by atoms with van der Waals surface area (Å²) in [5.41, 5.74) is 1.71. The number of ketones is 1. The molecular weight excluding hydrogens is 532 g/mol. The van der Waals surface area contributed by atoms with Crippen molar-refractivity contribution in [3.63, 3.8) is 0 Å². The van der Waals surface area contributed by atoms with Crippen molar-refractivity contribution in [2.45, 2.75) is 75.3 Å². The number of likely N-dealkylation sites (tertiary alicyclic amines) is 1. The highest BCUT2D eigenvalue weighted by Crippen LogP contribution is 2.55. The van der Waals surface area contributed by atoms with E-state index < -0.39 is 17.8 Å². The van der Waals surface area contributed by atoms with Crippen LogP contribution < -0.4 is 10.6 Å². The molecule has 1 spiro atoms. The average Bonchev–Trinajstić information content (AvgIpc) is 3.57. The molecule has 0 bridgehead atoms. The minimum atomic E-state index is -0.608. The predicted octanol–water partition coefficient (Wildman–Crippen LogP) is 1.79. The van der Waals surface area contributed by atoms with Crippen LogP contribution in [0.15, 0.2) is 36.9 Å². The summed E-state index contributed by atoms with van der Waals surface area (Å²) in [5.74, 6) is 0.0748. The summed E-state index contributed by atoms with van der Waals surface area (Å²) in [6, 6.07) is 10.3. The highest BCUT2D eigenvalue weighted by molar-refractivity contribution is 5.93. The van der Waals surface area contributed by atoms with E-state index in [4.69, 9.17) is 9.47 Å². The Kier molecular flexibility index (Phi) is 8.51. The molecule has 1 amide bonds. The molecule has 10 nitrogen and oxygen atoms in total. The molecule has 1 aromatic rings.